The summed E-state index contributed by atoms with van der Waals surface area (Å²) >= 11 is 0. The van der Waals surface area contributed by atoms with Gasteiger partial charge in [-0.25, -0.2) is 9.48 Å². The number of piperidine rings is 2. The predicted molar refractivity (Wildman–Crippen MR) is 136 cm³/mol. The lowest BCUT2D eigenvalue weighted by atomic mass is 9.97. The second-order valence-corrected chi connectivity index (χ2v) is 10.6. The topological polar surface area (TPSA) is 167 Å². The van der Waals surface area contributed by atoms with Gasteiger partial charge in [-0.15, -0.1) is 5.10 Å². The van der Waals surface area contributed by atoms with Gasteiger partial charge in [0.1, 0.15) is 6.04 Å². The molecule has 0 bridgehead atoms. The molecule has 4 aliphatic heterocycles. The molecule has 0 radical (unpaired) electrons. The van der Waals surface area contributed by atoms with E-state index < -0.39 is 24.1 Å². The summed E-state index contributed by atoms with van der Waals surface area (Å²) in [6, 6.07) is 5.39. The highest BCUT2D eigenvalue weighted by Gasteiger charge is 2.40. The molecule has 6 rings (SSSR count). The van der Waals surface area contributed by atoms with Crippen molar-refractivity contribution in [3.05, 3.63) is 41.2 Å². The van der Waals surface area contributed by atoms with Crippen molar-refractivity contribution in [1.82, 2.24) is 35.4 Å². The Bertz CT molecular complexity index is 1430. The van der Waals surface area contributed by atoms with Crippen LogP contribution in [0, 0.1) is 0 Å². The average molecular weight is 592 g/mol. The highest BCUT2D eigenvalue weighted by atomic mass is 19.4. The lowest BCUT2D eigenvalue weighted by molar-refractivity contribution is -0.192. The molecular weight excluding hydrogens is 563 g/mol. The summed E-state index contributed by atoms with van der Waals surface area (Å²) in [6.45, 7) is 2.49. The van der Waals surface area contributed by atoms with Gasteiger partial charge < -0.3 is 20.2 Å². The lowest BCUT2D eigenvalue weighted by Gasteiger charge is -2.34. The Labute approximate surface area is 237 Å². The van der Waals surface area contributed by atoms with E-state index in [1.807, 2.05) is 12.1 Å². The van der Waals surface area contributed by atoms with Crippen LogP contribution in [0.15, 0.2) is 24.4 Å². The first-order valence-corrected chi connectivity index (χ1v) is 13.5. The molecule has 3 N–H and O–H groups in total. The van der Waals surface area contributed by atoms with Gasteiger partial charge in [0.2, 0.25) is 11.8 Å². The van der Waals surface area contributed by atoms with Crippen molar-refractivity contribution in [2.45, 2.75) is 69.4 Å². The summed E-state index contributed by atoms with van der Waals surface area (Å²) in [7, 11) is 0. The van der Waals surface area contributed by atoms with Crippen molar-refractivity contribution in [3.8, 4) is 5.69 Å². The maximum atomic E-state index is 13.1. The van der Waals surface area contributed by atoms with Crippen LogP contribution in [0.1, 0.15) is 64.9 Å². The molecule has 1 aromatic heterocycles. The SMILES string of the molecule is O=C(O)C(F)(F)F.O=C1CCC(N2Cc3ccc(-n4cc(C(=O)NC5CCN6CCCC6C5)nn4)cc3C2=O)C(=O)N1. The van der Waals surface area contributed by atoms with E-state index in [1.165, 1.54) is 22.4 Å². The van der Waals surface area contributed by atoms with Crippen LogP contribution < -0.4 is 10.6 Å². The zero-order valence-corrected chi connectivity index (χ0v) is 22.3. The Kier molecular flexibility index (Phi) is 7.99. The quantitative estimate of drug-likeness (QED) is 0.440. The predicted octanol–water partition coefficient (Wildman–Crippen LogP) is 1.02. The normalized spacial score (nSPS) is 23.9. The van der Waals surface area contributed by atoms with Crippen molar-refractivity contribution < 1.29 is 42.3 Å². The van der Waals surface area contributed by atoms with Gasteiger partial charge in [-0.05, 0) is 56.3 Å². The molecule has 224 valence electrons. The smallest absolute Gasteiger partial charge is 0.475 e. The van der Waals surface area contributed by atoms with Crippen LogP contribution in [0.4, 0.5) is 13.2 Å². The molecule has 0 spiro atoms. The molecule has 4 aliphatic rings. The number of hydrogen-bond acceptors (Lipinski definition) is 8. The number of carbonyl (C=O) groups excluding carboxylic acids is 4. The van der Waals surface area contributed by atoms with E-state index in [1.54, 1.807) is 12.3 Å². The first-order chi connectivity index (χ1) is 19.9. The number of aromatic nitrogens is 3. The zero-order valence-electron chi connectivity index (χ0n) is 22.3. The van der Waals surface area contributed by atoms with Crippen LogP contribution >= 0.6 is 0 Å². The number of benzene rings is 1. The van der Waals surface area contributed by atoms with Crippen LogP contribution in [0.5, 0.6) is 0 Å². The number of amides is 4. The molecule has 0 saturated carbocycles. The van der Waals surface area contributed by atoms with Gasteiger partial charge in [0.05, 0.1) is 11.9 Å². The van der Waals surface area contributed by atoms with Crippen LogP contribution in [-0.4, -0.2) is 96.9 Å². The fourth-order valence-corrected chi connectivity index (χ4v) is 5.79. The number of imide groups is 1. The molecule has 13 nitrogen and oxygen atoms in total. The number of halogens is 3. The number of carbonyl (C=O) groups is 5. The van der Waals surface area contributed by atoms with E-state index in [0.717, 1.165) is 31.5 Å². The Balaban J connectivity index is 0.000000451. The van der Waals surface area contributed by atoms with Gasteiger partial charge in [0.25, 0.3) is 11.8 Å². The third kappa shape index (κ3) is 6.12. The molecule has 16 heteroatoms. The highest BCUT2D eigenvalue weighted by molar-refractivity contribution is 6.05. The number of nitrogens with one attached hydrogen (secondary N) is 2. The number of nitrogens with zero attached hydrogens (tertiary/aromatic N) is 5. The molecule has 42 heavy (non-hydrogen) atoms. The molecule has 3 saturated heterocycles. The van der Waals surface area contributed by atoms with Gasteiger partial charge in [-0.3, -0.25) is 24.5 Å². The number of carboxylic acids is 1. The van der Waals surface area contributed by atoms with Gasteiger partial charge in [0, 0.05) is 37.2 Å². The van der Waals surface area contributed by atoms with Gasteiger partial charge >= 0.3 is 12.1 Å². The highest BCUT2D eigenvalue weighted by Crippen LogP contribution is 2.29. The van der Waals surface area contributed by atoms with Crippen molar-refractivity contribution in [2.24, 2.45) is 0 Å². The molecule has 3 atom stereocenters. The second-order valence-electron chi connectivity index (χ2n) is 10.6. The minimum atomic E-state index is -5.08. The van der Waals surface area contributed by atoms with Gasteiger partial charge in [-0.1, -0.05) is 11.3 Å². The Morgan fingerprint density at radius 3 is 2.57 bits per heavy atom. The average Bonchev–Trinajstić information content (AvgIpc) is 3.68. The Morgan fingerprint density at radius 2 is 1.86 bits per heavy atom. The van der Waals surface area contributed by atoms with E-state index in [2.05, 4.69) is 25.8 Å². The Morgan fingerprint density at radius 1 is 1.10 bits per heavy atom. The van der Waals surface area contributed by atoms with E-state index >= 15 is 0 Å². The molecular formula is C26H28F3N7O6. The van der Waals surface area contributed by atoms with Gasteiger partial charge in [0.15, 0.2) is 5.69 Å². The minimum absolute atomic E-state index is 0.142. The third-order valence-electron chi connectivity index (χ3n) is 7.90. The standard InChI is InChI=1S/C24H27N7O4.C2HF3O2/c32-21-6-5-20(23(34)26-21)30-12-14-3-4-17(11-18(14)24(30)35)31-13-19(27-28-31)22(33)25-15-7-9-29-8-1-2-16(29)10-15;3-2(4,5)1(6)7/h3-4,11,13,15-16,20H,1-2,5-10,12H2,(H,25,33)(H,26,32,34);(H,6,7). The number of rotatable bonds is 4. The molecule has 5 heterocycles. The summed E-state index contributed by atoms with van der Waals surface area (Å²) < 4.78 is 33.2. The molecule has 4 amide bonds. The molecule has 2 aromatic rings. The monoisotopic (exact) mass is 591 g/mol. The van der Waals surface area contributed by atoms with Crippen LogP contribution in [0.25, 0.3) is 5.69 Å². The summed E-state index contributed by atoms with van der Waals surface area (Å²) in [5.41, 5.74) is 2.13. The summed E-state index contributed by atoms with van der Waals surface area (Å²) in [6.07, 6.45) is 1.35. The molecule has 1 aromatic carbocycles. The van der Waals surface area contributed by atoms with Crippen molar-refractivity contribution in [1.29, 1.82) is 0 Å². The molecule has 3 fully saturated rings. The van der Waals surface area contributed by atoms with Crippen molar-refractivity contribution in [3.63, 3.8) is 0 Å². The summed E-state index contributed by atoms with van der Waals surface area (Å²) in [4.78, 5) is 62.5. The van der Waals surface area contributed by atoms with Crippen LogP contribution in [0.3, 0.4) is 0 Å². The summed E-state index contributed by atoms with van der Waals surface area (Å²) in [5, 5.41) is 20.7. The zero-order chi connectivity index (χ0) is 30.2. The number of aliphatic carboxylic acids is 1. The third-order valence-corrected chi connectivity index (χ3v) is 7.90. The lowest BCUT2D eigenvalue weighted by Crippen LogP contribution is -2.52. The molecule has 0 aliphatic carbocycles. The number of alkyl halides is 3. The van der Waals surface area contributed by atoms with Crippen molar-refractivity contribution >= 4 is 29.6 Å². The largest absolute Gasteiger partial charge is 0.490 e. The minimum Gasteiger partial charge on any atom is -0.475 e. The van der Waals surface area contributed by atoms with E-state index in [9.17, 15) is 32.3 Å². The summed E-state index contributed by atoms with van der Waals surface area (Å²) in [5.74, 6) is -4.00. The van der Waals surface area contributed by atoms with Crippen LogP contribution in [0.2, 0.25) is 0 Å². The maximum Gasteiger partial charge on any atom is 0.490 e. The van der Waals surface area contributed by atoms with E-state index in [0.29, 0.717) is 30.3 Å². The number of carboxylic acid groups (broad SMARTS) is 1. The fraction of sp³-hybridized carbons (Fsp3) is 0.500. The van der Waals surface area contributed by atoms with Crippen molar-refractivity contribution in [2.75, 3.05) is 13.1 Å². The number of hydrogen-bond donors (Lipinski definition) is 3. The fourth-order valence-electron chi connectivity index (χ4n) is 5.79. The number of fused-ring (bicyclic) bond motifs is 2. The van der Waals surface area contributed by atoms with Crippen LogP contribution in [-0.2, 0) is 20.9 Å². The first-order valence-electron chi connectivity index (χ1n) is 13.5. The van der Waals surface area contributed by atoms with E-state index in [-0.39, 0.29) is 35.9 Å². The van der Waals surface area contributed by atoms with Gasteiger partial charge in [-0.2, -0.15) is 13.2 Å². The van der Waals surface area contributed by atoms with E-state index in [4.69, 9.17) is 9.90 Å². The second kappa shape index (κ2) is 11.5. The maximum absolute atomic E-state index is 13.1. The molecule has 3 unspecified atom stereocenters. The Hall–Kier alpha value is -4.34. The first kappa shape index (κ1) is 29.2.